The lowest BCUT2D eigenvalue weighted by molar-refractivity contribution is -0.364. The van der Waals surface area contributed by atoms with Gasteiger partial charge in [-0.1, -0.05) is 20.3 Å². The van der Waals surface area contributed by atoms with Crippen LogP contribution in [0.5, 0.6) is 0 Å². The van der Waals surface area contributed by atoms with Gasteiger partial charge in [-0.25, -0.2) is 51.1 Å². The molecule has 20 rings (SSSR count). The minimum absolute atomic E-state index is 0.00679. The largest absolute Gasteiger partial charge is 0.468 e. The smallest absolute Gasteiger partial charge is 0.459 e. The van der Waals surface area contributed by atoms with Crippen LogP contribution in [0.1, 0.15) is 261 Å². The standard InChI is InChI=1S/C21H24F10O6.C21H24F10O5.C20H26F2O6.C17H24F2O4.C16H22F2O4/c1-15(22,23)18(24,25)2-3-36-20(21(29,30)31,14(33)35-10-19(26,27)28)37-13(32)16-5-11-4-12(6-16)8-17(34,7-11)9-16;1-16(22,23)18(24,25)2-3-35-20(21(29,30)31,15(33)34-10-19(26,27)28)36-14(32)17-7-11-4-12(8-17)6-13(5-11)9-17;1-3-20(7-5-4-6-8-20)28-17(24)13-11-9-10-12(13)16(23)26-14(10)15(11)27-18(25)19(2,21)22;1-3-17(23-14(20)9-22-15(21)16(2,18)19)12-5-10-4-11(7-12)8-13(17)6-10;1-15(22-13(19)8-21-14(20)16(2,17)18)11-4-9-3-10(6-11)7-12(15)5-9/h11-12,34H,2-10H2,1H3;11-13H,2-10H2,1H3;10-15H,3-9H2,1-2H3;10-13H,3-9H2,1-2H3;9-12H,3-8H2,1-2H3. The first-order valence-electron chi connectivity index (χ1n) is 49.0. The maximum Gasteiger partial charge on any atom is 0.468 e. The number of rotatable bonds is 32. The molecular weight excluding hydrogens is 2030 g/mol. The maximum atomic E-state index is 14.1. The molecule has 146 heavy (non-hydrogen) atoms. The third-order valence-electron chi connectivity index (χ3n) is 33.1. The Bertz CT molecular complexity index is 4630. The molecule has 1 heterocycles. The zero-order valence-electron chi connectivity index (χ0n) is 80.9. The molecule has 0 amide bonds. The molecular formula is C95H120F26O25. The van der Waals surface area contributed by atoms with Crippen molar-refractivity contribution in [2.24, 2.45) is 111 Å². The van der Waals surface area contributed by atoms with Crippen LogP contribution in [0.25, 0.3) is 0 Å². The summed E-state index contributed by atoms with van der Waals surface area (Å²) in [6.45, 7) is -3.65. The van der Waals surface area contributed by atoms with Gasteiger partial charge in [0.15, 0.2) is 26.4 Å². The Hall–Kier alpha value is -7.77. The average Bonchev–Trinajstić information content (AvgIpc) is 1.54. The van der Waals surface area contributed by atoms with Crippen molar-refractivity contribution in [3.63, 3.8) is 0 Å². The van der Waals surface area contributed by atoms with E-state index in [2.05, 4.69) is 37.9 Å². The summed E-state index contributed by atoms with van der Waals surface area (Å²) in [6, 6.07) is 0. The first-order chi connectivity index (χ1) is 66.8. The second-order valence-corrected chi connectivity index (χ2v) is 44.2. The van der Waals surface area contributed by atoms with Crippen molar-refractivity contribution in [2.45, 2.75) is 373 Å². The van der Waals surface area contributed by atoms with Crippen LogP contribution >= 0.6 is 0 Å². The second kappa shape index (κ2) is 41.7. The molecule has 1 saturated heterocycles. The second-order valence-electron chi connectivity index (χ2n) is 44.2. The van der Waals surface area contributed by atoms with Gasteiger partial charge in [-0.15, -0.1) is 0 Å². The van der Waals surface area contributed by atoms with Crippen LogP contribution in [0, 0.1) is 111 Å². The molecule has 1 N–H and O–H groups in total. The van der Waals surface area contributed by atoms with Gasteiger partial charge in [-0.2, -0.15) is 96.6 Å². The Morgan fingerprint density at radius 1 is 0.404 bits per heavy atom. The number of carbonyl (C=O) groups is 11. The quantitative estimate of drug-likeness (QED) is 0.0283. The molecule has 19 saturated carbocycles. The molecule has 832 valence electrons. The molecule has 20 fully saturated rings. The molecule has 20 aliphatic rings. The van der Waals surface area contributed by atoms with Gasteiger partial charge in [0.05, 0.1) is 41.5 Å². The maximum absolute atomic E-state index is 14.1. The number of aliphatic hydroxyl groups is 1. The third kappa shape index (κ3) is 25.2. The average molecular weight is 2160 g/mol. The number of ether oxygens (including phenoxy) is 13. The fourth-order valence-corrected chi connectivity index (χ4v) is 27.4. The van der Waals surface area contributed by atoms with E-state index >= 15 is 0 Å². The lowest BCUT2D eigenvalue weighted by atomic mass is 9.48. The van der Waals surface area contributed by atoms with Crippen LogP contribution in [-0.4, -0.2) is 223 Å². The molecule has 10 atom stereocenters. The molecule has 0 aromatic rings. The molecule has 0 aromatic carbocycles. The minimum atomic E-state index is -6.17. The van der Waals surface area contributed by atoms with Crippen molar-refractivity contribution in [2.75, 3.05) is 39.6 Å². The van der Waals surface area contributed by atoms with Crippen LogP contribution in [0.4, 0.5) is 114 Å². The van der Waals surface area contributed by atoms with Crippen molar-refractivity contribution >= 4 is 65.7 Å². The number of carbonyl (C=O) groups excluding carboxylic acids is 11. The van der Waals surface area contributed by atoms with E-state index in [1.807, 2.05) is 20.8 Å². The van der Waals surface area contributed by atoms with E-state index in [0.717, 1.165) is 133 Å². The normalized spacial score (nSPS) is 34.8. The summed E-state index contributed by atoms with van der Waals surface area (Å²) < 4.78 is 405. The first-order valence-corrected chi connectivity index (χ1v) is 49.0. The van der Waals surface area contributed by atoms with Crippen molar-refractivity contribution in [3.05, 3.63) is 0 Å². The Labute approximate surface area is 820 Å². The fraction of sp³-hybridized carbons (Fsp3) is 0.884. The number of alkyl halides is 26. The monoisotopic (exact) mass is 2150 g/mol. The summed E-state index contributed by atoms with van der Waals surface area (Å²) >= 11 is 0. The topological polar surface area (TPSA) is 328 Å². The van der Waals surface area contributed by atoms with E-state index in [4.69, 9.17) is 23.7 Å². The Morgan fingerprint density at radius 2 is 0.774 bits per heavy atom. The SMILES string of the molecule is CC(F)(F)C(=O)OCC(=O)OC1(C)C2CC3CC(C2)CC1C3.CC(F)(F)C(F)(F)CCOC(OC(=O)C12CC3CC(CC(C3)C1)C2)(C(=O)OCC(F)(F)F)C(F)(F)F.CC(F)(F)C(F)(F)CCOC(OC(=O)C12CC3CC(CC(O)(C3)C1)C2)(C(=O)OCC(F)(F)F)C(F)(F)F.CCC1(OC(=O)C2C3CC4C(OC(=O)C42)C3OC(=O)C(C)(F)F)CCCCC1.CCC1(OC(=O)COC(=O)C(C)(F)F)C2CC3CC(C2)CC1C3. The van der Waals surface area contributed by atoms with Gasteiger partial charge in [0, 0.05) is 59.3 Å². The van der Waals surface area contributed by atoms with Gasteiger partial charge in [0.1, 0.15) is 29.0 Å². The van der Waals surface area contributed by atoms with Crippen molar-refractivity contribution in [1.29, 1.82) is 0 Å². The highest BCUT2D eigenvalue weighted by molar-refractivity contribution is 5.89. The van der Waals surface area contributed by atoms with Gasteiger partial charge >= 0.3 is 143 Å². The van der Waals surface area contributed by atoms with E-state index in [1.54, 1.807) is 0 Å². The number of hydrogen-bond donors (Lipinski definition) is 1. The minimum Gasteiger partial charge on any atom is -0.459 e. The van der Waals surface area contributed by atoms with Gasteiger partial charge < -0.3 is 66.7 Å². The van der Waals surface area contributed by atoms with Gasteiger partial charge in [-0.3, -0.25) is 19.2 Å². The summed E-state index contributed by atoms with van der Waals surface area (Å²) in [5.74, 6) is -55.0. The molecule has 0 aromatic heterocycles. The Morgan fingerprint density at radius 3 is 1.14 bits per heavy atom. The van der Waals surface area contributed by atoms with Crippen LogP contribution in [0.2, 0.25) is 0 Å². The van der Waals surface area contributed by atoms with Crippen LogP contribution < -0.4 is 0 Å². The van der Waals surface area contributed by atoms with E-state index < -0.39 is 259 Å². The third-order valence-corrected chi connectivity index (χ3v) is 33.1. The molecule has 0 radical (unpaired) electrons. The zero-order chi connectivity index (χ0) is 109. The molecule has 51 heteroatoms. The number of esters is 11. The van der Waals surface area contributed by atoms with Crippen LogP contribution in [-0.2, 0) is 114 Å². The number of halogens is 26. The fourth-order valence-electron chi connectivity index (χ4n) is 27.4. The van der Waals surface area contributed by atoms with Crippen LogP contribution in [0.3, 0.4) is 0 Å². The predicted octanol–water partition coefficient (Wildman–Crippen LogP) is 20.0. The molecule has 19 aliphatic carbocycles. The van der Waals surface area contributed by atoms with E-state index in [-0.39, 0.29) is 101 Å². The highest BCUT2D eigenvalue weighted by Gasteiger charge is 2.76. The Balaban J connectivity index is 0.000000165. The lowest BCUT2D eigenvalue weighted by Crippen LogP contribution is -2.63. The molecule has 18 bridgehead atoms. The predicted molar refractivity (Wildman–Crippen MR) is 441 cm³/mol. The van der Waals surface area contributed by atoms with Gasteiger partial charge in [0.2, 0.25) is 0 Å². The van der Waals surface area contributed by atoms with Crippen molar-refractivity contribution in [3.8, 4) is 0 Å². The van der Waals surface area contributed by atoms with Crippen molar-refractivity contribution < 1.29 is 234 Å². The van der Waals surface area contributed by atoms with Gasteiger partial charge in [-0.05, 0) is 270 Å². The van der Waals surface area contributed by atoms with Gasteiger partial charge in [0.25, 0.3) is 0 Å². The van der Waals surface area contributed by atoms with E-state index in [0.29, 0.717) is 63.7 Å². The van der Waals surface area contributed by atoms with E-state index in [1.165, 1.54) is 12.8 Å². The number of fused-ring (bicyclic) bond motifs is 1. The highest BCUT2D eigenvalue weighted by Crippen LogP contribution is 2.67. The summed E-state index contributed by atoms with van der Waals surface area (Å²) in [4.78, 5) is 134. The molecule has 10 unspecified atom stereocenters. The molecule has 1 aliphatic heterocycles. The molecule has 25 nitrogen and oxygen atoms in total. The Kier molecular flexibility index (Phi) is 33.4. The lowest BCUT2D eigenvalue weighted by Gasteiger charge is -2.60. The summed E-state index contributed by atoms with van der Waals surface area (Å²) in [6.07, 6.45) is -7.99. The zero-order valence-corrected chi connectivity index (χ0v) is 80.9. The summed E-state index contributed by atoms with van der Waals surface area (Å²) in [5, 5.41) is 10.7. The summed E-state index contributed by atoms with van der Waals surface area (Å²) in [7, 11) is 0. The highest BCUT2D eigenvalue weighted by atomic mass is 19.4. The van der Waals surface area contributed by atoms with E-state index in [9.17, 15) is 172 Å². The first kappa shape index (κ1) is 117. The van der Waals surface area contributed by atoms with Crippen LogP contribution in [0.15, 0.2) is 0 Å². The number of hydrogen-bond acceptors (Lipinski definition) is 25. The summed E-state index contributed by atoms with van der Waals surface area (Å²) in [5.41, 5.74) is -6.21. The molecule has 0 spiro atoms. The van der Waals surface area contributed by atoms with Crippen molar-refractivity contribution in [1.82, 2.24) is 0 Å².